The maximum atomic E-state index is 14.2. The van der Waals surface area contributed by atoms with Crippen LogP contribution >= 0.6 is 11.6 Å². The van der Waals surface area contributed by atoms with Crippen LogP contribution < -0.4 is 0 Å². The third kappa shape index (κ3) is 2.33. The maximum absolute atomic E-state index is 14.2. The first-order valence-electron chi connectivity index (χ1n) is 6.42. The summed E-state index contributed by atoms with van der Waals surface area (Å²) in [6.07, 6.45) is 1.61. The summed E-state index contributed by atoms with van der Waals surface area (Å²) in [6.45, 7) is 0.0948. The fourth-order valence-electron chi connectivity index (χ4n) is 2.40. The van der Waals surface area contributed by atoms with Crippen LogP contribution in [-0.4, -0.2) is 15.6 Å². The molecule has 112 valence electrons. The molecule has 3 nitrogen and oxygen atoms in total. The Morgan fingerprint density at radius 2 is 1.91 bits per heavy atom. The smallest absolute Gasteiger partial charge is 0.338 e. The Kier molecular flexibility index (Phi) is 3.58. The largest absolute Gasteiger partial charge is 0.478 e. The van der Waals surface area contributed by atoms with Crippen molar-refractivity contribution in [2.24, 2.45) is 0 Å². The van der Waals surface area contributed by atoms with Gasteiger partial charge in [0.15, 0.2) is 5.82 Å². The van der Waals surface area contributed by atoms with Crippen molar-refractivity contribution in [1.29, 1.82) is 0 Å². The van der Waals surface area contributed by atoms with Crippen molar-refractivity contribution in [1.82, 2.24) is 4.57 Å². The molecular weight excluding hydrogens is 312 g/mol. The molecule has 1 aromatic heterocycles. The highest BCUT2D eigenvalue weighted by Crippen LogP contribution is 2.26. The van der Waals surface area contributed by atoms with E-state index in [2.05, 4.69) is 0 Å². The number of carboxylic acid groups (broad SMARTS) is 1. The molecule has 1 N–H and O–H groups in total. The number of halogens is 3. The van der Waals surface area contributed by atoms with Gasteiger partial charge in [0.05, 0.1) is 22.6 Å². The molecule has 0 amide bonds. The van der Waals surface area contributed by atoms with Gasteiger partial charge in [-0.15, -0.1) is 0 Å². The molecule has 1 heterocycles. The van der Waals surface area contributed by atoms with E-state index in [9.17, 15) is 13.6 Å². The number of carbonyl (C=O) groups is 1. The standard InChI is InChI=1S/C16H10ClF2NO2/c17-12-4-5-13-10(15(12)19)6-7-20(13)8-9-2-1-3-11(14(9)18)16(21)22/h1-7H,8H2,(H,21,22). The number of hydrogen-bond acceptors (Lipinski definition) is 1. The average molecular weight is 322 g/mol. The molecule has 0 bridgehead atoms. The summed E-state index contributed by atoms with van der Waals surface area (Å²) in [4.78, 5) is 11.0. The van der Waals surface area contributed by atoms with Gasteiger partial charge in [-0.3, -0.25) is 0 Å². The molecule has 0 aliphatic carbocycles. The monoisotopic (exact) mass is 321 g/mol. The molecule has 0 saturated carbocycles. The van der Waals surface area contributed by atoms with Crippen molar-refractivity contribution in [3.8, 4) is 0 Å². The Morgan fingerprint density at radius 3 is 2.64 bits per heavy atom. The van der Waals surface area contributed by atoms with Crippen molar-refractivity contribution < 1.29 is 18.7 Å². The molecule has 0 spiro atoms. The summed E-state index contributed by atoms with van der Waals surface area (Å²) in [7, 11) is 0. The number of rotatable bonds is 3. The second-order valence-corrected chi connectivity index (χ2v) is 5.23. The number of carboxylic acids is 1. The predicted molar refractivity (Wildman–Crippen MR) is 79.4 cm³/mol. The third-order valence-corrected chi connectivity index (χ3v) is 3.78. The third-order valence-electron chi connectivity index (χ3n) is 3.49. The van der Waals surface area contributed by atoms with E-state index in [0.717, 1.165) is 0 Å². The summed E-state index contributed by atoms with van der Waals surface area (Å²) in [5.74, 6) is -2.64. The van der Waals surface area contributed by atoms with Crippen LogP contribution in [0.4, 0.5) is 8.78 Å². The number of aromatic carboxylic acids is 1. The van der Waals surface area contributed by atoms with E-state index in [1.807, 2.05) is 0 Å². The fourth-order valence-corrected chi connectivity index (χ4v) is 2.56. The van der Waals surface area contributed by atoms with Crippen LogP contribution in [0.2, 0.25) is 5.02 Å². The van der Waals surface area contributed by atoms with Crippen LogP contribution in [-0.2, 0) is 6.54 Å². The Balaban J connectivity index is 2.06. The zero-order valence-corrected chi connectivity index (χ0v) is 11.9. The quantitative estimate of drug-likeness (QED) is 0.780. The van der Waals surface area contributed by atoms with Gasteiger partial charge in [-0.1, -0.05) is 23.7 Å². The minimum Gasteiger partial charge on any atom is -0.478 e. The van der Waals surface area contributed by atoms with Crippen LogP contribution in [0.3, 0.4) is 0 Å². The number of benzene rings is 2. The highest BCUT2D eigenvalue weighted by Gasteiger charge is 2.15. The Morgan fingerprint density at radius 1 is 1.14 bits per heavy atom. The van der Waals surface area contributed by atoms with Gasteiger partial charge in [-0.2, -0.15) is 0 Å². The lowest BCUT2D eigenvalue weighted by Crippen LogP contribution is -2.06. The second kappa shape index (κ2) is 5.42. The molecule has 2 aromatic carbocycles. The van der Waals surface area contributed by atoms with Gasteiger partial charge in [0.1, 0.15) is 5.82 Å². The topological polar surface area (TPSA) is 42.2 Å². The molecule has 6 heteroatoms. The van der Waals surface area contributed by atoms with E-state index in [0.29, 0.717) is 10.9 Å². The first kappa shape index (κ1) is 14.5. The Labute approximate surface area is 129 Å². The van der Waals surface area contributed by atoms with Crippen molar-refractivity contribution in [3.63, 3.8) is 0 Å². The summed E-state index contributed by atoms with van der Waals surface area (Å²) in [5.41, 5.74) is 0.387. The van der Waals surface area contributed by atoms with Crippen molar-refractivity contribution in [2.75, 3.05) is 0 Å². The lowest BCUT2D eigenvalue weighted by molar-refractivity contribution is 0.0691. The van der Waals surface area contributed by atoms with E-state index in [4.69, 9.17) is 16.7 Å². The molecule has 0 unspecified atom stereocenters. The number of aromatic nitrogens is 1. The van der Waals surface area contributed by atoms with Crippen molar-refractivity contribution >= 4 is 28.5 Å². The summed E-state index contributed by atoms with van der Waals surface area (Å²) >= 11 is 5.73. The zero-order chi connectivity index (χ0) is 15.9. The maximum Gasteiger partial charge on any atom is 0.338 e. The summed E-state index contributed by atoms with van der Waals surface area (Å²) < 4.78 is 29.7. The molecule has 3 aromatic rings. The van der Waals surface area contributed by atoms with Crippen LogP contribution in [0.25, 0.3) is 10.9 Å². The SMILES string of the molecule is O=C(O)c1cccc(Cn2ccc3c(F)c(Cl)ccc32)c1F. The van der Waals surface area contributed by atoms with Crippen LogP contribution in [0.15, 0.2) is 42.6 Å². The Hall–Kier alpha value is -2.40. The van der Waals surface area contributed by atoms with Crippen LogP contribution in [0, 0.1) is 11.6 Å². The van der Waals surface area contributed by atoms with Gasteiger partial charge in [0, 0.05) is 17.1 Å². The van der Waals surface area contributed by atoms with Gasteiger partial charge >= 0.3 is 5.97 Å². The molecule has 0 aliphatic heterocycles. The van der Waals surface area contributed by atoms with Crippen molar-refractivity contribution in [2.45, 2.75) is 6.54 Å². The number of fused-ring (bicyclic) bond motifs is 1. The normalized spacial score (nSPS) is 11.0. The molecular formula is C16H10ClF2NO2. The Bertz CT molecular complexity index is 889. The number of hydrogen-bond donors (Lipinski definition) is 1. The molecule has 0 atom stereocenters. The molecule has 3 rings (SSSR count). The zero-order valence-electron chi connectivity index (χ0n) is 11.2. The molecule has 0 aliphatic rings. The second-order valence-electron chi connectivity index (χ2n) is 4.82. The minimum absolute atomic E-state index is 0.0179. The van der Waals surface area contributed by atoms with Gasteiger partial charge < -0.3 is 9.67 Å². The molecule has 0 saturated heterocycles. The van der Waals surface area contributed by atoms with E-state index < -0.39 is 17.6 Å². The van der Waals surface area contributed by atoms with E-state index in [1.54, 1.807) is 22.9 Å². The average Bonchev–Trinajstić information content (AvgIpc) is 2.88. The van der Waals surface area contributed by atoms with E-state index >= 15 is 0 Å². The molecule has 0 fully saturated rings. The van der Waals surface area contributed by atoms with Crippen molar-refractivity contribution in [3.05, 3.63) is 70.4 Å². The van der Waals surface area contributed by atoms with Gasteiger partial charge in [0.2, 0.25) is 0 Å². The highest BCUT2D eigenvalue weighted by molar-refractivity contribution is 6.31. The minimum atomic E-state index is -1.32. The molecule has 0 radical (unpaired) electrons. The van der Waals surface area contributed by atoms with E-state index in [1.165, 1.54) is 24.3 Å². The van der Waals surface area contributed by atoms with Crippen LogP contribution in [0.1, 0.15) is 15.9 Å². The van der Waals surface area contributed by atoms with Crippen LogP contribution in [0.5, 0.6) is 0 Å². The van der Waals surface area contributed by atoms with E-state index in [-0.39, 0.29) is 22.7 Å². The fraction of sp³-hybridized carbons (Fsp3) is 0.0625. The lowest BCUT2D eigenvalue weighted by Gasteiger charge is -2.09. The number of nitrogens with zero attached hydrogens (tertiary/aromatic N) is 1. The summed E-state index contributed by atoms with van der Waals surface area (Å²) in [5, 5.41) is 9.30. The van der Waals surface area contributed by atoms with Gasteiger partial charge in [0.25, 0.3) is 0 Å². The summed E-state index contributed by atoms with van der Waals surface area (Å²) in [6, 6.07) is 8.80. The van der Waals surface area contributed by atoms with Gasteiger partial charge in [-0.25, -0.2) is 13.6 Å². The van der Waals surface area contributed by atoms with Gasteiger partial charge in [-0.05, 0) is 24.3 Å². The predicted octanol–water partition coefficient (Wildman–Crippen LogP) is 4.32. The highest BCUT2D eigenvalue weighted by atomic mass is 35.5. The lowest BCUT2D eigenvalue weighted by atomic mass is 10.1. The first-order chi connectivity index (χ1) is 10.5. The molecule has 22 heavy (non-hydrogen) atoms. The first-order valence-corrected chi connectivity index (χ1v) is 6.80.